The smallest absolute Gasteiger partial charge is 0.0462 e. The van der Waals surface area contributed by atoms with Gasteiger partial charge < -0.3 is 4.90 Å². The van der Waals surface area contributed by atoms with Gasteiger partial charge in [-0.25, -0.2) is 0 Å². The summed E-state index contributed by atoms with van der Waals surface area (Å²) in [5.74, 6) is 0. The molecule has 0 bridgehead atoms. The summed E-state index contributed by atoms with van der Waals surface area (Å²) < 4.78 is 0. The number of thiophene rings is 2. The van der Waals surface area contributed by atoms with Gasteiger partial charge in [-0.15, -0.1) is 22.7 Å². The molecular formula is C32H25NS3. The molecule has 0 atom stereocenters. The van der Waals surface area contributed by atoms with Crippen molar-refractivity contribution in [1.82, 2.24) is 0 Å². The minimum Gasteiger partial charge on any atom is -0.311 e. The van der Waals surface area contributed by atoms with Crippen LogP contribution in [0.2, 0.25) is 0 Å². The highest BCUT2D eigenvalue weighted by Crippen LogP contribution is 2.44. The molecule has 0 amide bonds. The number of hydrogen-bond acceptors (Lipinski definition) is 4. The van der Waals surface area contributed by atoms with E-state index in [2.05, 4.69) is 133 Å². The van der Waals surface area contributed by atoms with Gasteiger partial charge in [-0.1, -0.05) is 72.4 Å². The predicted octanol–water partition coefficient (Wildman–Crippen LogP) is 11.0. The number of nitrogens with zero attached hydrogens (tertiary/aromatic N) is 1. The molecule has 0 spiro atoms. The van der Waals surface area contributed by atoms with E-state index in [-0.39, 0.29) is 0 Å². The zero-order chi connectivity index (χ0) is 24.3. The molecule has 0 unspecified atom stereocenters. The maximum absolute atomic E-state index is 2.34. The third-order valence-corrected chi connectivity index (χ3v) is 9.79. The summed E-state index contributed by atoms with van der Waals surface area (Å²) in [4.78, 5) is 10.4. The Balaban J connectivity index is 1.26. The number of hydrogen-bond donors (Lipinski definition) is 0. The Morgan fingerprint density at radius 3 is 1.67 bits per heavy atom. The molecule has 176 valence electrons. The summed E-state index contributed by atoms with van der Waals surface area (Å²) in [6.07, 6.45) is 5.66. The monoisotopic (exact) mass is 519 g/mol. The SMILES string of the molecule is CC1=CCC=C(c2ccc(-c3ccc(-c4ccc(N(c5ccccc5)c5ccccc5)cc4)s3)s2)S1. The third kappa shape index (κ3) is 4.85. The average Bonchev–Trinajstić information content (AvgIpc) is 3.61. The van der Waals surface area contributed by atoms with Crippen molar-refractivity contribution in [2.75, 3.05) is 4.90 Å². The molecule has 3 aromatic carbocycles. The van der Waals surface area contributed by atoms with Crippen LogP contribution in [0.15, 0.2) is 126 Å². The Hall–Kier alpha value is -3.31. The Labute approximate surface area is 225 Å². The lowest BCUT2D eigenvalue weighted by atomic mass is 10.1. The summed E-state index contributed by atoms with van der Waals surface area (Å²) >= 11 is 5.64. The second kappa shape index (κ2) is 10.4. The second-order valence-electron chi connectivity index (χ2n) is 8.60. The molecule has 6 rings (SSSR count). The lowest BCUT2D eigenvalue weighted by molar-refractivity contribution is 1.28. The summed E-state index contributed by atoms with van der Waals surface area (Å²) in [6.45, 7) is 2.20. The highest BCUT2D eigenvalue weighted by Gasteiger charge is 2.14. The van der Waals surface area contributed by atoms with Gasteiger partial charge >= 0.3 is 0 Å². The Kier molecular flexibility index (Phi) is 6.65. The fraction of sp³-hybridized carbons (Fsp3) is 0.0625. The summed E-state index contributed by atoms with van der Waals surface area (Å²) in [6, 6.07) is 39.1. The molecule has 0 radical (unpaired) electrons. The van der Waals surface area contributed by atoms with Crippen LogP contribution < -0.4 is 4.90 Å². The number of anilines is 3. The van der Waals surface area contributed by atoms with Crippen LogP contribution in [0.4, 0.5) is 17.1 Å². The third-order valence-electron chi connectivity index (χ3n) is 6.12. The highest BCUT2D eigenvalue weighted by atomic mass is 32.2. The maximum Gasteiger partial charge on any atom is 0.0462 e. The number of benzene rings is 3. The van der Waals surface area contributed by atoms with E-state index in [1.165, 1.54) is 34.9 Å². The molecule has 4 heteroatoms. The van der Waals surface area contributed by atoms with Crippen molar-refractivity contribution in [3.8, 4) is 20.2 Å². The van der Waals surface area contributed by atoms with Crippen LogP contribution in [-0.2, 0) is 0 Å². The van der Waals surface area contributed by atoms with Gasteiger partial charge in [-0.2, -0.15) is 0 Å². The van der Waals surface area contributed by atoms with Gasteiger partial charge in [0.15, 0.2) is 0 Å². The molecule has 0 fully saturated rings. The lowest BCUT2D eigenvalue weighted by Gasteiger charge is -2.25. The van der Waals surface area contributed by atoms with Crippen molar-refractivity contribution in [1.29, 1.82) is 0 Å². The Morgan fingerprint density at radius 2 is 1.06 bits per heavy atom. The Bertz CT molecular complexity index is 1480. The van der Waals surface area contributed by atoms with E-state index >= 15 is 0 Å². The standard InChI is InChI=1S/C32H25NS3/c1-23-9-8-14-29(34-23)30-21-22-32(36-30)31-20-19-28(35-31)24-15-17-27(18-16-24)33(25-10-4-2-5-11-25)26-12-6-3-7-13-26/h2-7,9-22H,8H2,1H3. The normalized spacial score (nSPS) is 13.2. The number of rotatable bonds is 6. The molecule has 1 nitrogen and oxygen atoms in total. The first kappa shape index (κ1) is 23.1. The highest BCUT2D eigenvalue weighted by molar-refractivity contribution is 8.12. The minimum absolute atomic E-state index is 1.03. The molecular weight excluding hydrogens is 495 g/mol. The van der Waals surface area contributed by atoms with Crippen molar-refractivity contribution in [2.24, 2.45) is 0 Å². The zero-order valence-electron chi connectivity index (χ0n) is 19.9. The Morgan fingerprint density at radius 1 is 0.528 bits per heavy atom. The van der Waals surface area contributed by atoms with Gasteiger partial charge in [0.25, 0.3) is 0 Å². The van der Waals surface area contributed by atoms with Gasteiger partial charge in [0.05, 0.1) is 0 Å². The predicted molar refractivity (Wildman–Crippen MR) is 162 cm³/mol. The maximum atomic E-state index is 2.34. The van der Waals surface area contributed by atoms with Crippen LogP contribution in [0.3, 0.4) is 0 Å². The van der Waals surface area contributed by atoms with Crippen molar-refractivity contribution in [3.63, 3.8) is 0 Å². The summed E-state index contributed by atoms with van der Waals surface area (Å²) in [5.41, 5.74) is 4.71. The summed E-state index contributed by atoms with van der Waals surface area (Å²) in [7, 11) is 0. The van der Waals surface area contributed by atoms with Crippen molar-refractivity contribution >= 4 is 56.4 Å². The van der Waals surface area contributed by atoms with E-state index < -0.39 is 0 Å². The van der Waals surface area contributed by atoms with Gasteiger partial charge in [0, 0.05) is 41.5 Å². The van der Waals surface area contributed by atoms with Crippen LogP contribution in [-0.4, -0.2) is 0 Å². The number of allylic oxidation sites excluding steroid dienone is 3. The van der Waals surface area contributed by atoms with Crippen LogP contribution in [0.25, 0.3) is 25.1 Å². The quantitative estimate of drug-likeness (QED) is 0.219. The molecule has 0 saturated heterocycles. The average molecular weight is 520 g/mol. The number of thioether (sulfide) groups is 1. The van der Waals surface area contributed by atoms with Gasteiger partial charge in [-0.3, -0.25) is 0 Å². The van der Waals surface area contributed by atoms with E-state index in [4.69, 9.17) is 0 Å². The first-order valence-corrected chi connectivity index (χ1v) is 14.5. The van der Waals surface area contributed by atoms with Crippen molar-refractivity contribution in [3.05, 3.63) is 131 Å². The molecule has 3 heterocycles. The van der Waals surface area contributed by atoms with E-state index in [0.29, 0.717) is 0 Å². The van der Waals surface area contributed by atoms with Crippen molar-refractivity contribution in [2.45, 2.75) is 13.3 Å². The topological polar surface area (TPSA) is 3.24 Å². The van der Waals surface area contributed by atoms with E-state index in [1.54, 1.807) is 0 Å². The van der Waals surface area contributed by atoms with Gasteiger partial charge in [-0.05, 0) is 84.5 Å². The van der Waals surface area contributed by atoms with Crippen LogP contribution in [0.5, 0.6) is 0 Å². The molecule has 2 aromatic heterocycles. The van der Waals surface area contributed by atoms with Gasteiger partial charge in [0.2, 0.25) is 0 Å². The molecule has 36 heavy (non-hydrogen) atoms. The first-order valence-electron chi connectivity index (χ1n) is 12.0. The minimum atomic E-state index is 1.03. The molecule has 0 saturated carbocycles. The number of para-hydroxylation sites is 2. The largest absolute Gasteiger partial charge is 0.311 e. The fourth-order valence-electron chi connectivity index (χ4n) is 4.34. The van der Waals surface area contributed by atoms with Crippen LogP contribution >= 0.6 is 34.4 Å². The van der Waals surface area contributed by atoms with Gasteiger partial charge in [0.1, 0.15) is 0 Å². The second-order valence-corrected chi connectivity index (χ2v) is 12.1. The fourth-order valence-corrected chi connectivity index (χ4v) is 7.51. The molecule has 5 aromatic rings. The van der Waals surface area contributed by atoms with Crippen LogP contribution in [0, 0.1) is 0 Å². The summed E-state index contributed by atoms with van der Waals surface area (Å²) in [5, 5.41) is 0. The molecule has 1 aliphatic rings. The molecule has 0 N–H and O–H groups in total. The molecule has 1 aliphatic heterocycles. The molecule has 0 aliphatic carbocycles. The van der Waals surface area contributed by atoms with Crippen LogP contribution in [0.1, 0.15) is 18.2 Å². The first-order chi connectivity index (χ1) is 17.7. The van der Waals surface area contributed by atoms with E-state index in [0.717, 1.165) is 23.5 Å². The van der Waals surface area contributed by atoms with E-state index in [1.807, 2.05) is 34.4 Å². The lowest BCUT2D eigenvalue weighted by Crippen LogP contribution is -2.09. The zero-order valence-corrected chi connectivity index (χ0v) is 22.4. The van der Waals surface area contributed by atoms with E-state index in [9.17, 15) is 0 Å². The van der Waals surface area contributed by atoms with Crippen molar-refractivity contribution < 1.29 is 0 Å².